The summed E-state index contributed by atoms with van der Waals surface area (Å²) in [6.45, 7) is 3.06. The Morgan fingerprint density at radius 1 is 1.47 bits per heavy atom. The Balaban J connectivity index is 2.44. The Morgan fingerprint density at radius 3 is 2.74 bits per heavy atom. The predicted molar refractivity (Wildman–Crippen MR) is 73.7 cm³/mol. The lowest BCUT2D eigenvalue weighted by atomic mass is 9.98. The van der Waals surface area contributed by atoms with E-state index >= 15 is 0 Å². The van der Waals surface area contributed by atoms with Gasteiger partial charge >= 0.3 is 5.97 Å². The highest BCUT2D eigenvalue weighted by atomic mass is 79.9. The molecule has 0 spiro atoms. The zero-order valence-electron chi connectivity index (χ0n) is 10.6. The van der Waals surface area contributed by atoms with Crippen molar-refractivity contribution in [2.24, 2.45) is 5.73 Å². The minimum absolute atomic E-state index is 0.118. The largest absolute Gasteiger partial charge is 0.489 e. The normalized spacial score (nSPS) is 15.7. The second kappa shape index (κ2) is 5.79. The van der Waals surface area contributed by atoms with Crippen LogP contribution >= 0.6 is 15.9 Å². The maximum absolute atomic E-state index is 10.8. The number of carbonyl (C=O) groups is 1. The second-order valence-electron chi connectivity index (χ2n) is 4.49. The summed E-state index contributed by atoms with van der Waals surface area (Å²) in [4.78, 5) is 10.8. The first-order valence-electron chi connectivity index (χ1n) is 6.06. The minimum atomic E-state index is -0.921. The molecule has 0 aromatic heterocycles. The topological polar surface area (TPSA) is 81.8 Å². The van der Waals surface area contributed by atoms with Crippen LogP contribution in [0, 0.1) is 6.92 Å². The van der Waals surface area contributed by atoms with Gasteiger partial charge in [-0.2, -0.15) is 0 Å². The Hall–Kier alpha value is -1.27. The van der Waals surface area contributed by atoms with E-state index < -0.39 is 12.0 Å². The molecule has 0 amide bonds. The van der Waals surface area contributed by atoms with E-state index in [2.05, 4.69) is 15.9 Å². The van der Waals surface area contributed by atoms with Crippen molar-refractivity contribution < 1.29 is 19.4 Å². The van der Waals surface area contributed by atoms with Crippen LogP contribution < -0.4 is 15.2 Å². The average Bonchev–Trinajstić information content (AvgIpc) is 2.58. The number of ether oxygens (including phenoxy) is 2. The lowest BCUT2D eigenvalue weighted by Crippen LogP contribution is -2.16. The number of nitrogens with two attached hydrogens (primary N) is 1. The summed E-state index contributed by atoms with van der Waals surface area (Å²) < 4.78 is 12.1. The van der Waals surface area contributed by atoms with Crippen molar-refractivity contribution in [1.82, 2.24) is 0 Å². The van der Waals surface area contributed by atoms with E-state index in [1.54, 1.807) is 0 Å². The van der Waals surface area contributed by atoms with E-state index in [4.69, 9.17) is 20.3 Å². The number of aliphatic carboxylic acids is 1. The van der Waals surface area contributed by atoms with Crippen LogP contribution in [-0.2, 0) is 4.79 Å². The van der Waals surface area contributed by atoms with Gasteiger partial charge < -0.3 is 20.3 Å². The van der Waals surface area contributed by atoms with Crippen LogP contribution in [-0.4, -0.2) is 24.3 Å². The van der Waals surface area contributed by atoms with Gasteiger partial charge in [0.25, 0.3) is 0 Å². The van der Waals surface area contributed by atoms with Crippen molar-refractivity contribution in [2.75, 3.05) is 13.2 Å². The van der Waals surface area contributed by atoms with Crippen LogP contribution in [0.3, 0.4) is 0 Å². The van der Waals surface area contributed by atoms with Crippen LogP contribution in [0.2, 0.25) is 0 Å². The molecule has 5 nitrogen and oxygen atoms in total. The summed E-state index contributed by atoms with van der Waals surface area (Å²) in [5.74, 6) is 0.402. The fourth-order valence-corrected chi connectivity index (χ4v) is 2.66. The Kier molecular flexibility index (Phi) is 4.31. The summed E-state index contributed by atoms with van der Waals surface area (Å²) in [5.41, 5.74) is 7.54. The third kappa shape index (κ3) is 3.01. The smallest absolute Gasteiger partial charge is 0.305 e. The highest BCUT2D eigenvalue weighted by Crippen LogP contribution is 2.43. The van der Waals surface area contributed by atoms with E-state index in [1.807, 2.05) is 13.0 Å². The van der Waals surface area contributed by atoms with Gasteiger partial charge in [0.05, 0.1) is 24.1 Å². The van der Waals surface area contributed by atoms with E-state index in [1.165, 1.54) is 0 Å². The van der Waals surface area contributed by atoms with Gasteiger partial charge in [-0.05, 0) is 40.0 Å². The fourth-order valence-electron chi connectivity index (χ4n) is 2.12. The molecular weight excluding hydrogens is 314 g/mol. The van der Waals surface area contributed by atoms with Gasteiger partial charge in [0.2, 0.25) is 0 Å². The molecule has 1 aromatic carbocycles. The molecule has 0 aliphatic carbocycles. The van der Waals surface area contributed by atoms with Crippen molar-refractivity contribution in [3.63, 3.8) is 0 Å². The van der Waals surface area contributed by atoms with Crippen LogP contribution in [0.15, 0.2) is 10.5 Å². The van der Waals surface area contributed by atoms with Gasteiger partial charge in [0, 0.05) is 12.5 Å². The van der Waals surface area contributed by atoms with Gasteiger partial charge in [-0.1, -0.05) is 0 Å². The summed E-state index contributed by atoms with van der Waals surface area (Å²) >= 11 is 3.43. The summed E-state index contributed by atoms with van der Waals surface area (Å²) in [5, 5.41) is 8.84. The molecule has 2 rings (SSSR count). The third-order valence-electron chi connectivity index (χ3n) is 3.05. The van der Waals surface area contributed by atoms with Crippen molar-refractivity contribution in [3.05, 3.63) is 21.7 Å². The average molecular weight is 330 g/mol. The predicted octanol–water partition coefficient (Wildman–Crippen LogP) is 2.39. The van der Waals surface area contributed by atoms with Crippen molar-refractivity contribution in [2.45, 2.75) is 25.8 Å². The Bertz CT molecular complexity index is 504. The van der Waals surface area contributed by atoms with E-state index in [0.717, 1.165) is 22.0 Å². The molecule has 1 heterocycles. The molecule has 1 atom stereocenters. The zero-order chi connectivity index (χ0) is 14.0. The molecule has 104 valence electrons. The summed E-state index contributed by atoms with van der Waals surface area (Å²) in [7, 11) is 0. The molecule has 0 radical (unpaired) electrons. The monoisotopic (exact) mass is 329 g/mol. The SMILES string of the molecule is Cc1c(C(N)CC(=O)O)cc(Br)c2c1OCCCO2. The van der Waals surface area contributed by atoms with Crippen LogP contribution in [0.25, 0.3) is 0 Å². The van der Waals surface area contributed by atoms with Crippen molar-refractivity contribution in [3.8, 4) is 11.5 Å². The maximum Gasteiger partial charge on any atom is 0.305 e. The molecular formula is C13H16BrNO4. The number of halogens is 1. The first kappa shape index (κ1) is 14.1. The summed E-state index contributed by atoms with van der Waals surface area (Å²) in [6.07, 6.45) is 0.698. The van der Waals surface area contributed by atoms with Gasteiger partial charge in [0.1, 0.15) is 0 Å². The Morgan fingerprint density at radius 2 is 2.11 bits per heavy atom. The lowest BCUT2D eigenvalue weighted by Gasteiger charge is -2.19. The first-order valence-corrected chi connectivity index (χ1v) is 6.86. The van der Waals surface area contributed by atoms with Crippen molar-refractivity contribution >= 4 is 21.9 Å². The molecule has 6 heteroatoms. The number of carboxylic acid groups (broad SMARTS) is 1. The van der Waals surface area contributed by atoms with E-state index in [-0.39, 0.29) is 6.42 Å². The van der Waals surface area contributed by atoms with Crippen LogP contribution in [0.1, 0.15) is 30.0 Å². The highest BCUT2D eigenvalue weighted by Gasteiger charge is 2.23. The number of rotatable bonds is 3. The second-order valence-corrected chi connectivity index (χ2v) is 5.34. The van der Waals surface area contributed by atoms with Gasteiger partial charge in [-0.3, -0.25) is 4.79 Å². The summed E-state index contributed by atoms with van der Waals surface area (Å²) in [6, 6.07) is 1.25. The van der Waals surface area contributed by atoms with E-state index in [9.17, 15) is 4.79 Å². The molecule has 19 heavy (non-hydrogen) atoms. The minimum Gasteiger partial charge on any atom is -0.489 e. The number of hydrogen-bond acceptors (Lipinski definition) is 4. The van der Waals surface area contributed by atoms with Gasteiger partial charge in [-0.25, -0.2) is 0 Å². The zero-order valence-corrected chi connectivity index (χ0v) is 12.2. The molecule has 1 aromatic rings. The molecule has 0 fully saturated rings. The lowest BCUT2D eigenvalue weighted by molar-refractivity contribution is -0.137. The maximum atomic E-state index is 10.8. The molecule has 1 unspecified atom stereocenters. The Labute approximate surface area is 119 Å². The number of hydrogen-bond donors (Lipinski definition) is 2. The number of benzene rings is 1. The van der Waals surface area contributed by atoms with Crippen LogP contribution in [0.4, 0.5) is 0 Å². The van der Waals surface area contributed by atoms with Gasteiger partial charge in [-0.15, -0.1) is 0 Å². The van der Waals surface area contributed by atoms with E-state index in [0.29, 0.717) is 24.7 Å². The van der Waals surface area contributed by atoms with Crippen LogP contribution in [0.5, 0.6) is 11.5 Å². The quantitative estimate of drug-likeness (QED) is 0.889. The molecule has 1 aliphatic heterocycles. The first-order chi connectivity index (χ1) is 9.00. The molecule has 0 saturated carbocycles. The molecule has 0 bridgehead atoms. The highest BCUT2D eigenvalue weighted by molar-refractivity contribution is 9.10. The number of carboxylic acids is 1. The van der Waals surface area contributed by atoms with Crippen molar-refractivity contribution in [1.29, 1.82) is 0 Å². The van der Waals surface area contributed by atoms with Gasteiger partial charge in [0.15, 0.2) is 11.5 Å². The number of fused-ring (bicyclic) bond motifs is 1. The fraction of sp³-hybridized carbons (Fsp3) is 0.462. The molecule has 1 aliphatic rings. The molecule has 0 saturated heterocycles. The standard InChI is InChI=1S/C13H16BrNO4/c1-7-8(10(15)6-11(16)17)5-9(14)13-12(7)18-3-2-4-19-13/h5,10H,2-4,6,15H2,1H3,(H,16,17). The molecule has 3 N–H and O–H groups in total. The third-order valence-corrected chi connectivity index (χ3v) is 3.64.